The molecule has 2 aromatic rings. The van der Waals surface area contributed by atoms with Crippen LogP contribution in [-0.2, 0) is 34.1 Å². The second-order valence-electron chi connectivity index (χ2n) is 11.8. The van der Waals surface area contributed by atoms with Crippen molar-refractivity contribution in [3.63, 3.8) is 0 Å². The Morgan fingerprint density at radius 1 is 0.535 bits per heavy atom. The first kappa shape index (κ1) is 38.6. The van der Waals surface area contributed by atoms with E-state index < -0.39 is 15.1 Å². The molecule has 3 rings (SSSR count). The van der Waals surface area contributed by atoms with E-state index in [0.717, 1.165) is 58.5 Å². The zero-order chi connectivity index (χ0) is 29.3. The van der Waals surface area contributed by atoms with Crippen LogP contribution in [0.4, 0.5) is 0 Å². The van der Waals surface area contributed by atoms with Gasteiger partial charge in [0.05, 0.1) is 13.2 Å². The van der Waals surface area contributed by atoms with Gasteiger partial charge in [0.15, 0.2) is 0 Å². The van der Waals surface area contributed by atoms with Gasteiger partial charge in [0.1, 0.15) is 0 Å². The van der Waals surface area contributed by atoms with Crippen LogP contribution in [0.5, 0.6) is 0 Å². The van der Waals surface area contributed by atoms with E-state index in [1.165, 1.54) is 81.8 Å². The van der Waals surface area contributed by atoms with Gasteiger partial charge in [-0.2, -0.15) is 0 Å². The van der Waals surface area contributed by atoms with Crippen molar-refractivity contribution in [2.45, 2.75) is 135 Å². The molecular weight excluding hydrogens is 546 g/mol. The molecule has 0 N–H and O–H groups in total. The largest absolute Gasteiger partial charge is 1.00 e. The fraction of sp³-hybridized carbons (Fsp3) is 0.667. The van der Waals surface area contributed by atoms with E-state index in [2.05, 4.69) is 55.5 Å². The normalized spacial score (nSPS) is 16.9. The van der Waals surface area contributed by atoms with Crippen molar-refractivity contribution in [3.05, 3.63) is 71.8 Å². The molecule has 0 bridgehead atoms. The maximum absolute atomic E-state index is 6.40. The molecule has 1 fully saturated rings. The quantitative estimate of drug-likeness (QED) is 0.0911. The first-order chi connectivity index (χ1) is 20.8. The summed E-state index contributed by atoms with van der Waals surface area (Å²) in [5.41, 5.74) is 2.50. The van der Waals surface area contributed by atoms with Gasteiger partial charge in [-0.15, -0.1) is 0 Å². The van der Waals surface area contributed by atoms with E-state index >= 15 is 0 Å². The van der Waals surface area contributed by atoms with Gasteiger partial charge in [0.2, 0.25) is 0 Å². The first-order valence-electron chi connectivity index (χ1n) is 17.0. The summed E-state index contributed by atoms with van der Waals surface area (Å²) in [7, 11) is 0. The van der Waals surface area contributed by atoms with E-state index in [-0.39, 0.29) is 31.1 Å². The molecule has 1 aliphatic rings. The second kappa shape index (κ2) is 26.6. The Morgan fingerprint density at radius 2 is 0.953 bits per heavy atom. The van der Waals surface area contributed by atoms with Crippen LogP contribution >= 0.6 is 0 Å². The van der Waals surface area contributed by atoms with E-state index in [1.807, 2.05) is 12.1 Å². The number of rotatable bonds is 26. The Bertz CT molecular complexity index is 874. The van der Waals surface area contributed by atoms with Gasteiger partial charge in [-0.05, 0) is 49.8 Å². The molecule has 2 atom stereocenters. The van der Waals surface area contributed by atoms with E-state index in [0.29, 0.717) is 6.61 Å². The third kappa shape index (κ3) is 18.8. The molecule has 0 amide bonds. The Kier molecular flexibility index (Phi) is 23.8. The Hall–Kier alpha value is -0.630. The number of benzene rings is 2. The van der Waals surface area contributed by atoms with Gasteiger partial charge in [-0.25, -0.2) is 0 Å². The summed E-state index contributed by atoms with van der Waals surface area (Å²) in [4.78, 5) is 0. The van der Waals surface area contributed by atoms with Crippen LogP contribution in [0.3, 0.4) is 0 Å². The second-order valence-corrected chi connectivity index (χ2v) is 13.2. The van der Waals surface area contributed by atoms with Crippen LogP contribution in [0.25, 0.3) is 0 Å². The average Bonchev–Trinajstić information content (AvgIpc) is 3.41. The monoisotopic (exact) mass is 603 g/mol. The molecule has 1 heterocycles. The predicted octanol–water partition coefficient (Wildman–Crippen LogP) is 6.47. The molecular formula is C36H57AlLiO5. The maximum atomic E-state index is 6.40. The van der Waals surface area contributed by atoms with E-state index in [9.17, 15) is 0 Å². The van der Waals surface area contributed by atoms with Crippen LogP contribution in [0.1, 0.15) is 121 Å². The molecule has 0 unspecified atom stereocenters. The van der Waals surface area contributed by atoms with Crippen LogP contribution in [0.15, 0.2) is 60.7 Å². The minimum atomic E-state index is -1.99. The number of hydrogen-bond donors (Lipinski definition) is 0. The first-order valence-corrected chi connectivity index (χ1v) is 18.4. The molecule has 7 heteroatoms. The summed E-state index contributed by atoms with van der Waals surface area (Å²) in [5.74, 6) is 0. The zero-order valence-electron chi connectivity index (χ0n) is 27.4. The van der Waals surface area contributed by atoms with Gasteiger partial charge in [0, 0.05) is 25.4 Å². The number of hydrogen-bond acceptors (Lipinski definition) is 5. The van der Waals surface area contributed by atoms with Gasteiger partial charge in [0.25, 0.3) is 0 Å². The molecule has 1 saturated heterocycles. The molecule has 5 nitrogen and oxygen atoms in total. The summed E-state index contributed by atoms with van der Waals surface area (Å²) >= 11 is -1.99. The number of ether oxygens (including phenoxy) is 2. The van der Waals surface area contributed by atoms with Crippen molar-refractivity contribution in [1.82, 2.24) is 0 Å². The zero-order valence-corrected chi connectivity index (χ0v) is 28.6. The Labute approximate surface area is 280 Å². The van der Waals surface area contributed by atoms with Crippen LogP contribution in [-0.4, -0.2) is 47.2 Å². The minimum absolute atomic E-state index is 0. The van der Waals surface area contributed by atoms with Gasteiger partial charge in [-0.1, -0.05) is 138 Å². The molecule has 235 valence electrons. The average molecular weight is 604 g/mol. The van der Waals surface area contributed by atoms with Crippen molar-refractivity contribution in [2.75, 3.05) is 19.8 Å². The van der Waals surface area contributed by atoms with E-state index in [4.69, 9.17) is 20.8 Å². The van der Waals surface area contributed by atoms with Crippen molar-refractivity contribution in [1.29, 1.82) is 0 Å². The smallest absolute Gasteiger partial charge is 0.634 e. The molecule has 0 saturated carbocycles. The van der Waals surface area contributed by atoms with Crippen molar-refractivity contribution < 1.29 is 39.7 Å². The molecule has 1 radical (unpaired) electrons. The maximum Gasteiger partial charge on any atom is 1.00 e. The van der Waals surface area contributed by atoms with Gasteiger partial charge < -0.3 is 20.8 Å². The standard InChI is InChI=1S/C30H44O4.C6H13O.Al.Li/c31-29(21-13-3-1-2-5-15-23-33-25-27-17-9-7-10-18-27)30(32)22-14-4-6-16-24-34-26-28-19-11-8-12-20-28;1-2-3-4-5-6-7;;/h7-12,17-20,29-30H,1-6,13-16,21-26H2;2-6H2,1H3;;/q-2;-1;+2;+1/t29-,30+;;;/m0.../s1. The summed E-state index contributed by atoms with van der Waals surface area (Å²) < 4.78 is 30.6. The summed E-state index contributed by atoms with van der Waals surface area (Å²) in [5, 5.41) is 0. The van der Waals surface area contributed by atoms with Crippen molar-refractivity contribution >= 4 is 15.1 Å². The fourth-order valence-corrected chi connectivity index (χ4v) is 7.25. The topological polar surface area (TPSA) is 46.2 Å². The molecule has 1 aliphatic heterocycles. The van der Waals surface area contributed by atoms with Crippen LogP contribution in [0, 0.1) is 0 Å². The fourth-order valence-electron chi connectivity index (χ4n) is 5.48. The molecule has 0 spiro atoms. The van der Waals surface area contributed by atoms with Crippen molar-refractivity contribution in [3.8, 4) is 0 Å². The molecule has 0 aliphatic carbocycles. The Balaban J connectivity index is 0.00000645. The van der Waals surface area contributed by atoms with Gasteiger partial charge >= 0.3 is 34.0 Å². The van der Waals surface area contributed by atoms with Crippen LogP contribution in [0.2, 0.25) is 0 Å². The summed E-state index contributed by atoms with van der Waals surface area (Å²) in [6.45, 7) is 6.16. The summed E-state index contributed by atoms with van der Waals surface area (Å²) in [6.07, 6.45) is 19.7. The molecule has 0 aromatic heterocycles. The van der Waals surface area contributed by atoms with Crippen LogP contribution < -0.4 is 18.9 Å². The third-order valence-electron chi connectivity index (χ3n) is 8.02. The van der Waals surface area contributed by atoms with E-state index in [1.54, 1.807) is 0 Å². The molecule has 43 heavy (non-hydrogen) atoms. The summed E-state index contributed by atoms with van der Waals surface area (Å²) in [6, 6.07) is 20.9. The third-order valence-corrected chi connectivity index (χ3v) is 9.67. The number of unbranched alkanes of at least 4 members (excludes halogenated alkanes) is 11. The minimum Gasteiger partial charge on any atom is -0.634 e. The SMILES string of the molecule is CCCCCC[O][Al-]1[O][C@@H](CCCCCCCCOCc2ccccc2)[C@@H](CCCCCCOCc2ccccc2)[O]1.[Li+]. The molecule has 2 aromatic carbocycles. The predicted molar refractivity (Wildman–Crippen MR) is 173 cm³/mol. The van der Waals surface area contributed by atoms with Gasteiger partial charge in [-0.3, -0.25) is 0 Å². The van der Waals surface area contributed by atoms with Crippen molar-refractivity contribution in [2.24, 2.45) is 0 Å². The Morgan fingerprint density at radius 3 is 1.44 bits per heavy atom.